The van der Waals surface area contributed by atoms with Gasteiger partial charge in [0.2, 0.25) is 0 Å². The van der Waals surface area contributed by atoms with Crippen LogP contribution in [0.4, 0.5) is 0 Å². The molecule has 0 radical (unpaired) electrons. The lowest BCUT2D eigenvalue weighted by molar-refractivity contribution is 0.0167. The zero-order chi connectivity index (χ0) is 14.9. The number of carbonyl (C=O) groups excluding carboxylic acids is 1. The van der Waals surface area contributed by atoms with Gasteiger partial charge in [-0.3, -0.25) is 4.79 Å². The third kappa shape index (κ3) is 2.91. The van der Waals surface area contributed by atoms with Gasteiger partial charge in [0.1, 0.15) is 5.75 Å². The summed E-state index contributed by atoms with van der Waals surface area (Å²) in [7, 11) is 0. The zero-order valence-corrected chi connectivity index (χ0v) is 12.3. The molecule has 4 nitrogen and oxygen atoms in total. The van der Waals surface area contributed by atoms with E-state index in [0.29, 0.717) is 11.0 Å². The van der Waals surface area contributed by atoms with Crippen LogP contribution in [0.15, 0.2) is 24.3 Å². The minimum absolute atomic E-state index is 0.0589. The van der Waals surface area contributed by atoms with Crippen molar-refractivity contribution < 1.29 is 15.0 Å². The van der Waals surface area contributed by atoms with Crippen LogP contribution in [0, 0.1) is 5.41 Å². The van der Waals surface area contributed by atoms with Gasteiger partial charge in [0.15, 0.2) is 0 Å². The van der Waals surface area contributed by atoms with Gasteiger partial charge in [-0.1, -0.05) is 12.1 Å². The molecule has 1 aromatic rings. The summed E-state index contributed by atoms with van der Waals surface area (Å²) in [6, 6.07) is 6.74. The minimum atomic E-state index is -0.128. The first-order valence-corrected chi connectivity index (χ1v) is 7.85. The van der Waals surface area contributed by atoms with E-state index in [-0.39, 0.29) is 17.8 Å². The molecule has 0 atom stereocenters. The first-order valence-electron chi connectivity index (χ1n) is 7.85. The average molecular weight is 289 g/mol. The Morgan fingerprint density at radius 2 is 1.71 bits per heavy atom. The Bertz CT molecular complexity index is 511. The van der Waals surface area contributed by atoms with E-state index in [1.54, 1.807) is 24.3 Å². The number of benzene rings is 1. The van der Waals surface area contributed by atoms with Crippen molar-refractivity contribution in [3.63, 3.8) is 0 Å². The van der Waals surface area contributed by atoms with Crippen LogP contribution in [-0.4, -0.2) is 40.2 Å². The van der Waals surface area contributed by atoms with Crippen LogP contribution < -0.4 is 0 Å². The van der Waals surface area contributed by atoms with Gasteiger partial charge in [0.25, 0.3) is 5.91 Å². The fourth-order valence-electron chi connectivity index (χ4n) is 3.72. The number of rotatable bonds is 1. The second-order valence-corrected chi connectivity index (χ2v) is 6.54. The number of aromatic hydroxyl groups is 1. The van der Waals surface area contributed by atoms with Gasteiger partial charge < -0.3 is 15.1 Å². The maximum absolute atomic E-state index is 12.5. The number of phenolic OH excluding ortho intramolecular Hbond substituents is 1. The smallest absolute Gasteiger partial charge is 0.257 e. The molecule has 2 fully saturated rings. The zero-order valence-electron chi connectivity index (χ0n) is 12.3. The van der Waals surface area contributed by atoms with E-state index in [0.717, 1.165) is 51.6 Å². The molecule has 1 aliphatic heterocycles. The number of amides is 1. The highest BCUT2D eigenvalue weighted by Gasteiger charge is 2.38. The van der Waals surface area contributed by atoms with Crippen LogP contribution in [-0.2, 0) is 0 Å². The molecular weight excluding hydrogens is 266 g/mol. The van der Waals surface area contributed by atoms with Gasteiger partial charge in [-0.05, 0) is 56.1 Å². The van der Waals surface area contributed by atoms with Crippen molar-refractivity contribution in [2.75, 3.05) is 13.1 Å². The number of hydrogen-bond acceptors (Lipinski definition) is 3. The minimum Gasteiger partial charge on any atom is -0.507 e. The molecule has 1 aromatic carbocycles. The first-order chi connectivity index (χ1) is 10.1. The Morgan fingerprint density at radius 1 is 1.10 bits per heavy atom. The maximum Gasteiger partial charge on any atom is 0.257 e. The molecule has 1 spiro atoms. The standard InChI is InChI=1S/C17H23NO3/c19-13-5-7-17(8-6-13)9-11-18(12-10-17)16(21)14-3-1-2-4-15(14)20/h1-4,13,19-20H,5-12H2. The molecule has 2 N–H and O–H groups in total. The second kappa shape index (κ2) is 5.68. The largest absolute Gasteiger partial charge is 0.507 e. The molecule has 0 aromatic heterocycles. The average Bonchev–Trinajstić information content (AvgIpc) is 2.51. The van der Waals surface area contributed by atoms with Crippen molar-refractivity contribution in [2.45, 2.75) is 44.6 Å². The number of carbonyl (C=O) groups is 1. The summed E-state index contributed by atoms with van der Waals surface area (Å²) < 4.78 is 0. The highest BCUT2D eigenvalue weighted by atomic mass is 16.3. The highest BCUT2D eigenvalue weighted by Crippen LogP contribution is 2.44. The quantitative estimate of drug-likeness (QED) is 0.835. The predicted octanol–water partition coefficient (Wildman–Crippen LogP) is 2.55. The van der Waals surface area contributed by atoms with E-state index in [1.165, 1.54) is 0 Å². The molecule has 0 bridgehead atoms. The molecule has 4 heteroatoms. The molecule has 2 aliphatic rings. The number of aliphatic hydroxyl groups excluding tert-OH is 1. The van der Waals surface area contributed by atoms with Crippen molar-refractivity contribution in [1.29, 1.82) is 0 Å². The normalized spacial score (nSPS) is 22.4. The third-order valence-corrected chi connectivity index (χ3v) is 5.26. The molecule has 1 saturated heterocycles. The Morgan fingerprint density at radius 3 is 2.33 bits per heavy atom. The van der Waals surface area contributed by atoms with Gasteiger partial charge in [0, 0.05) is 13.1 Å². The van der Waals surface area contributed by atoms with Crippen molar-refractivity contribution in [2.24, 2.45) is 5.41 Å². The molecule has 0 unspecified atom stereocenters. The fraction of sp³-hybridized carbons (Fsp3) is 0.588. The van der Waals surface area contributed by atoms with E-state index < -0.39 is 0 Å². The third-order valence-electron chi connectivity index (χ3n) is 5.26. The summed E-state index contributed by atoms with van der Waals surface area (Å²) in [5.41, 5.74) is 0.724. The summed E-state index contributed by atoms with van der Waals surface area (Å²) in [6.07, 6.45) is 5.84. The van der Waals surface area contributed by atoms with E-state index in [2.05, 4.69) is 0 Å². The fourth-order valence-corrected chi connectivity index (χ4v) is 3.72. The predicted molar refractivity (Wildman–Crippen MR) is 80.2 cm³/mol. The number of piperidine rings is 1. The van der Waals surface area contributed by atoms with E-state index in [9.17, 15) is 15.0 Å². The van der Waals surface area contributed by atoms with Crippen LogP contribution in [0.3, 0.4) is 0 Å². The van der Waals surface area contributed by atoms with Crippen LogP contribution >= 0.6 is 0 Å². The lowest BCUT2D eigenvalue weighted by Gasteiger charge is -2.45. The molecule has 1 saturated carbocycles. The lowest BCUT2D eigenvalue weighted by Crippen LogP contribution is -2.45. The number of likely N-dealkylation sites (tertiary alicyclic amines) is 1. The van der Waals surface area contributed by atoms with Crippen molar-refractivity contribution in [3.05, 3.63) is 29.8 Å². The monoisotopic (exact) mass is 289 g/mol. The SMILES string of the molecule is O=C(c1ccccc1O)N1CCC2(CCC(O)CC2)CC1. The Kier molecular flexibility index (Phi) is 3.89. The molecule has 3 rings (SSSR count). The summed E-state index contributed by atoms with van der Waals surface area (Å²) in [6.45, 7) is 1.51. The van der Waals surface area contributed by atoms with Crippen LogP contribution in [0.2, 0.25) is 0 Å². The van der Waals surface area contributed by atoms with Gasteiger partial charge >= 0.3 is 0 Å². The van der Waals surface area contributed by atoms with Crippen molar-refractivity contribution in [1.82, 2.24) is 4.90 Å². The molecule has 114 valence electrons. The van der Waals surface area contributed by atoms with Gasteiger partial charge in [0.05, 0.1) is 11.7 Å². The van der Waals surface area contributed by atoms with Crippen LogP contribution in [0.25, 0.3) is 0 Å². The topological polar surface area (TPSA) is 60.8 Å². The molecular formula is C17H23NO3. The number of aliphatic hydroxyl groups is 1. The second-order valence-electron chi connectivity index (χ2n) is 6.54. The summed E-state index contributed by atoms with van der Waals surface area (Å²) >= 11 is 0. The van der Waals surface area contributed by atoms with Crippen molar-refractivity contribution >= 4 is 5.91 Å². The van der Waals surface area contributed by atoms with Gasteiger partial charge in [-0.25, -0.2) is 0 Å². The Balaban J connectivity index is 1.63. The number of phenols is 1. The summed E-state index contributed by atoms with van der Waals surface area (Å²) in [5.74, 6) is -0.0117. The summed E-state index contributed by atoms with van der Waals surface area (Å²) in [4.78, 5) is 14.3. The number of para-hydroxylation sites is 1. The maximum atomic E-state index is 12.5. The molecule has 1 heterocycles. The van der Waals surface area contributed by atoms with Gasteiger partial charge in [-0.2, -0.15) is 0 Å². The molecule has 1 aliphatic carbocycles. The molecule has 1 amide bonds. The Labute approximate surface area is 125 Å². The number of nitrogens with zero attached hydrogens (tertiary/aromatic N) is 1. The molecule has 21 heavy (non-hydrogen) atoms. The Hall–Kier alpha value is -1.55. The summed E-state index contributed by atoms with van der Waals surface area (Å²) in [5, 5.41) is 19.5. The van der Waals surface area contributed by atoms with E-state index >= 15 is 0 Å². The van der Waals surface area contributed by atoms with Gasteiger partial charge in [-0.15, -0.1) is 0 Å². The first kappa shape index (κ1) is 14.4. The van der Waals surface area contributed by atoms with Crippen LogP contribution in [0.1, 0.15) is 48.9 Å². The number of hydrogen-bond donors (Lipinski definition) is 2. The highest BCUT2D eigenvalue weighted by molar-refractivity contribution is 5.96. The van der Waals surface area contributed by atoms with Crippen LogP contribution in [0.5, 0.6) is 5.75 Å². The van der Waals surface area contributed by atoms with E-state index in [1.807, 2.05) is 4.90 Å². The lowest BCUT2D eigenvalue weighted by atomic mass is 9.67. The van der Waals surface area contributed by atoms with Crippen molar-refractivity contribution in [3.8, 4) is 5.75 Å². The van der Waals surface area contributed by atoms with E-state index in [4.69, 9.17) is 0 Å².